The normalized spacial score (nSPS) is 27.6. The molecule has 1 aromatic rings. The van der Waals surface area contributed by atoms with Crippen molar-refractivity contribution in [3.63, 3.8) is 0 Å². The first-order valence-corrected chi connectivity index (χ1v) is 8.73. The average Bonchev–Trinajstić information content (AvgIpc) is 2.52. The highest BCUT2D eigenvalue weighted by Gasteiger charge is 2.39. The molecular weight excluding hydrogens is 256 g/mol. The Kier molecular flexibility index (Phi) is 4.66. The molecule has 1 N–H and O–H groups in total. The Morgan fingerprint density at radius 2 is 1.90 bits per heavy atom. The van der Waals surface area contributed by atoms with Crippen LogP contribution in [0.25, 0.3) is 0 Å². The van der Waals surface area contributed by atoms with Gasteiger partial charge in [0.05, 0.1) is 0 Å². The van der Waals surface area contributed by atoms with Gasteiger partial charge in [0.15, 0.2) is 0 Å². The number of rotatable bonds is 3. The highest BCUT2D eigenvalue weighted by atomic mass is 15.3. The molecular formula is C19H30N2. The maximum Gasteiger partial charge on any atom is 0.0309 e. The molecule has 0 aromatic heterocycles. The molecule has 2 unspecified atom stereocenters. The van der Waals surface area contributed by atoms with Gasteiger partial charge in [0, 0.05) is 30.7 Å². The van der Waals surface area contributed by atoms with Crippen LogP contribution in [0.4, 0.5) is 0 Å². The summed E-state index contributed by atoms with van der Waals surface area (Å²) in [7, 11) is 0. The number of hydrogen-bond donors (Lipinski definition) is 1. The predicted octanol–water partition coefficient (Wildman–Crippen LogP) is 3.61. The first kappa shape index (κ1) is 15.1. The van der Waals surface area contributed by atoms with Crippen LogP contribution in [0, 0.1) is 0 Å². The van der Waals surface area contributed by atoms with Crippen LogP contribution in [0.2, 0.25) is 0 Å². The van der Waals surface area contributed by atoms with Crippen LogP contribution in [-0.2, 0) is 6.42 Å². The number of benzene rings is 1. The van der Waals surface area contributed by atoms with E-state index in [2.05, 4.69) is 54.4 Å². The zero-order valence-electron chi connectivity index (χ0n) is 13.6. The van der Waals surface area contributed by atoms with E-state index < -0.39 is 0 Å². The standard InChI is InChI=1S/C19H30N2/c1-16(13-18-9-5-3-6-10-18)21-15-19(20-14-17(21)2)11-7-4-8-12-19/h3,5-6,9-10,16-17,20H,4,7-8,11-15H2,1-2H3. The zero-order valence-corrected chi connectivity index (χ0v) is 13.6. The summed E-state index contributed by atoms with van der Waals surface area (Å²) in [6.07, 6.45) is 8.15. The van der Waals surface area contributed by atoms with Gasteiger partial charge in [-0.15, -0.1) is 0 Å². The maximum absolute atomic E-state index is 3.89. The first-order valence-electron chi connectivity index (χ1n) is 8.73. The van der Waals surface area contributed by atoms with E-state index in [1.165, 1.54) is 50.6 Å². The Morgan fingerprint density at radius 3 is 2.62 bits per heavy atom. The van der Waals surface area contributed by atoms with Crippen molar-refractivity contribution < 1.29 is 0 Å². The summed E-state index contributed by atoms with van der Waals surface area (Å²) >= 11 is 0. The summed E-state index contributed by atoms with van der Waals surface area (Å²) in [5.41, 5.74) is 1.88. The number of nitrogens with one attached hydrogen (secondary N) is 1. The largest absolute Gasteiger partial charge is 0.308 e. The fourth-order valence-electron chi connectivity index (χ4n) is 4.27. The van der Waals surface area contributed by atoms with Crippen LogP contribution in [0.3, 0.4) is 0 Å². The molecule has 1 heterocycles. The van der Waals surface area contributed by atoms with Gasteiger partial charge in [-0.05, 0) is 38.7 Å². The molecule has 1 saturated heterocycles. The van der Waals surface area contributed by atoms with E-state index in [9.17, 15) is 0 Å². The Balaban J connectivity index is 1.67. The van der Waals surface area contributed by atoms with Crippen LogP contribution < -0.4 is 5.32 Å². The van der Waals surface area contributed by atoms with Gasteiger partial charge < -0.3 is 5.32 Å². The molecule has 2 nitrogen and oxygen atoms in total. The molecule has 1 aliphatic heterocycles. The molecule has 0 amide bonds. The topological polar surface area (TPSA) is 15.3 Å². The zero-order chi connectivity index (χ0) is 14.7. The molecule has 2 atom stereocenters. The summed E-state index contributed by atoms with van der Waals surface area (Å²) in [5.74, 6) is 0. The Morgan fingerprint density at radius 1 is 1.19 bits per heavy atom. The minimum Gasteiger partial charge on any atom is -0.308 e. The molecule has 2 fully saturated rings. The summed E-state index contributed by atoms with van der Waals surface area (Å²) in [5, 5.41) is 3.89. The lowest BCUT2D eigenvalue weighted by Crippen LogP contribution is -2.65. The average molecular weight is 286 g/mol. The number of piperazine rings is 1. The summed E-state index contributed by atoms with van der Waals surface area (Å²) < 4.78 is 0. The van der Waals surface area contributed by atoms with Gasteiger partial charge in [0.1, 0.15) is 0 Å². The van der Waals surface area contributed by atoms with E-state index in [-0.39, 0.29) is 0 Å². The summed E-state index contributed by atoms with van der Waals surface area (Å²) in [6.45, 7) is 7.18. The third-order valence-corrected chi connectivity index (χ3v) is 5.57. The fourth-order valence-corrected chi connectivity index (χ4v) is 4.27. The summed E-state index contributed by atoms with van der Waals surface area (Å²) in [6, 6.07) is 12.2. The second-order valence-electron chi connectivity index (χ2n) is 7.28. The van der Waals surface area contributed by atoms with Crippen LogP contribution in [-0.4, -0.2) is 35.6 Å². The van der Waals surface area contributed by atoms with E-state index >= 15 is 0 Å². The maximum atomic E-state index is 3.89. The van der Waals surface area contributed by atoms with Gasteiger partial charge in [-0.1, -0.05) is 49.6 Å². The Hall–Kier alpha value is -0.860. The van der Waals surface area contributed by atoms with Crippen molar-refractivity contribution in [2.24, 2.45) is 0 Å². The molecule has 1 saturated carbocycles. The third-order valence-electron chi connectivity index (χ3n) is 5.57. The quantitative estimate of drug-likeness (QED) is 0.913. The fraction of sp³-hybridized carbons (Fsp3) is 0.684. The van der Waals surface area contributed by atoms with Crippen molar-refractivity contribution in [1.29, 1.82) is 0 Å². The third kappa shape index (κ3) is 3.49. The Bertz CT molecular complexity index is 436. The van der Waals surface area contributed by atoms with Gasteiger partial charge in [-0.3, -0.25) is 4.90 Å². The highest BCUT2D eigenvalue weighted by Crippen LogP contribution is 2.32. The van der Waals surface area contributed by atoms with Crippen molar-refractivity contribution in [2.75, 3.05) is 13.1 Å². The van der Waals surface area contributed by atoms with E-state index in [1.807, 2.05) is 0 Å². The Labute approximate surface area is 129 Å². The van der Waals surface area contributed by atoms with E-state index in [0.717, 1.165) is 6.54 Å². The van der Waals surface area contributed by atoms with Crippen molar-refractivity contribution >= 4 is 0 Å². The SMILES string of the molecule is CC1CNC2(CCCCC2)CN1C(C)Cc1ccccc1. The van der Waals surface area contributed by atoms with Crippen molar-refractivity contribution in [3.05, 3.63) is 35.9 Å². The lowest BCUT2D eigenvalue weighted by Gasteiger charge is -2.51. The predicted molar refractivity (Wildman–Crippen MR) is 89.6 cm³/mol. The van der Waals surface area contributed by atoms with Crippen molar-refractivity contribution in [1.82, 2.24) is 10.2 Å². The van der Waals surface area contributed by atoms with Gasteiger partial charge in [0.25, 0.3) is 0 Å². The van der Waals surface area contributed by atoms with Gasteiger partial charge in [-0.2, -0.15) is 0 Å². The monoisotopic (exact) mass is 286 g/mol. The highest BCUT2D eigenvalue weighted by molar-refractivity contribution is 5.16. The minimum atomic E-state index is 0.412. The lowest BCUT2D eigenvalue weighted by atomic mass is 9.79. The molecule has 2 heteroatoms. The second kappa shape index (κ2) is 6.50. The van der Waals surface area contributed by atoms with E-state index in [0.29, 0.717) is 17.6 Å². The van der Waals surface area contributed by atoms with Crippen molar-refractivity contribution in [3.8, 4) is 0 Å². The van der Waals surface area contributed by atoms with E-state index in [1.54, 1.807) is 0 Å². The van der Waals surface area contributed by atoms with Gasteiger partial charge in [0.2, 0.25) is 0 Å². The molecule has 0 bridgehead atoms. The lowest BCUT2D eigenvalue weighted by molar-refractivity contribution is 0.0361. The second-order valence-corrected chi connectivity index (χ2v) is 7.28. The molecule has 116 valence electrons. The summed E-state index contributed by atoms with van der Waals surface area (Å²) in [4.78, 5) is 2.76. The first-order chi connectivity index (χ1) is 10.2. The van der Waals surface area contributed by atoms with E-state index in [4.69, 9.17) is 0 Å². The minimum absolute atomic E-state index is 0.412. The molecule has 3 rings (SSSR count). The number of nitrogens with zero attached hydrogens (tertiary/aromatic N) is 1. The van der Waals surface area contributed by atoms with Gasteiger partial charge >= 0.3 is 0 Å². The molecule has 1 spiro atoms. The van der Waals surface area contributed by atoms with Gasteiger partial charge in [-0.25, -0.2) is 0 Å². The molecule has 2 aliphatic rings. The van der Waals surface area contributed by atoms with Crippen LogP contribution in [0.15, 0.2) is 30.3 Å². The molecule has 0 radical (unpaired) electrons. The smallest absolute Gasteiger partial charge is 0.0309 e. The number of hydrogen-bond acceptors (Lipinski definition) is 2. The van der Waals surface area contributed by atoms with Crippen molar-refractivity contribution in [2.45, 2.75) is 70.0 Å². The van der Waals surface area contributed by atoms with Crippen LogP contribution in [0.5, 0.6) is 0 Å². The van der Waals surface area contributed by atoms with Crippen LogP contribution in [0.1, 0.15) is 51.5 Å². The molecule has 1 aromatic carbocycles. The van der Waals surface area contributed by atoms with Crippen LogP contribution >= 0.6 is 0 Å². The molecule has 21 heavy (non-hydrogen) atoms. The molecule has 1 aliphatic carbocycles.